The molecule has 0 bridgehead atoms. The molecule has 0 unspecified atom stereocenters. The van der Waals surface area contributed by atoms with Crippen LogP contribution in [0.3, 0.4) is 0 Å². The molecule has 0 fully saturated rings. The van der Waals surface area contributed by atoms with Crippen molar-refractivity contribution >= 4 is 80.9 Å². The van der Waals surface area contributed by atoms with Crippen LogP contribution in [-0.2, 0) is 5.41 Å². The monoisotopic (exact) mass is 967 g/mol. The number of nitrogens with zero attached hydrogens (tertiary/aromatic N) is 1. The van der Waals surface area contributed by atoms with Crippen molar-refractivity contribution in [2.24, 2.45) is 0 Å². The summed E-state index contributed by atoms with van der Waals surface area (Å²) in [5.41, 5.74) is 20.2. The lowest BCUT2D eigenvalue weighted by molar-refractivity contribution is 0.794. The molecular weight excluding hydrogens is 923 g/mol. The van der Waals surface area contributed by atoms with E-state index in [0.29, 0.717) is 0 Å². The van der Waals surface area contributed by atoms with Gasteiger partial charge in [-0.3, -0.25) is 0 Å². The average Bonchev–Trinajstić information content (AvgIpc) is 4.22. The van der Waals surface area contributed by atoms with Gasteiger partial charge in [-0.25, -0.2) is 0 Å². The van der Waals surface area contributed by atoms with Crippen LogP contribution in [0.1, 0.15) is 22.3 Å². The maximum atomic E-state index is 2.61. The minimum Gasteiger partial charge on any atom is -0.310 e. The van der Waals surface area contributed by atoms with Crippen molar-refractivity contribution in [3.05, 3.63) is 295 Å². The van der Waals surface area contributed by atoms with Gasteiger partial charge < -0.3 is 4.90 Å². The Kier molecular flexibility index (Phi) is 9.19. The van der Waals surface area contributed by atoms with Gasteiger partial charge in [-0.2, -0.15) is 0 Å². The van der Waals surface area contributed by atoms with E-state index < -0.39 is 5.41 Å². The summed E-state index contributed by atoms with van der Waals surface area (Å²) < 4.78 is 2.58. The molecule has 13 aromatic carbocycles. The van der Waals surface area contributed by atoms with Crippen LogP contribution >= 0.6 is 11.3 Å². The van der Waals surface area contributed by atoms with E-state index in [9.17, 15) is 0 Å². The van der Waals surface area contributed by atoms with Gasteiger partial charge in [-0.15, -0.1) is 11.3 Å². The first-order chi connectivity index (χ1) is 37.2. The van der Waals surface area contributed by atoms with E-state index in [4.69, 9.17) is 0 Å². The van der Waals surface area contributed by atoms with Crippen molar-refractivity contribution < 1.29 is 0 Å². The van der Waals surface area contributed by atoms with Crippen LogP contribution in [0.25, 0.3) is 108 Å². The summed E-state index contributed by atoms with van der Waals surface area (Å²) in [6, 6.07) is 103. The zero-order valence-electron chi connectivity index (χ0n) is 40.8. The van der Waals surface area contributed by atoms with Crippen LogP contribution in [0, 0.1) is 0 Å². The Morgan fingerprint density at radius 3 is 1.32 bits per heavy atom. The van der Waals surface area contributed by atoms with E-state index in [0.717, 1.165) is 28.2 Å². The van der Waals surface area contributed by atoms with E-state index in [1.807, 2.05) is 11.3 Å². The van der Waals surface area contributed by atoms with Crippen LogP contribution in [0.4, 0.5) is 17.1 Å². The minimum absolute atomic E-state index is 0.554. The van der Waals surface area contributed by atoms with Crippen LogP contribution in [0.15, 0.2) is 273 Å². The van der Waals surface area contributed by atoms with Gasteiger partial charge in [-0.1, -0.05) is 224 Å². The van der Waals surface area contributed by atoms with Gasteiger partial charge >= 0.3 is 0 Å². The second-order valence-corrected chi connectivity index (χ2v) is 21.3. The molecule has 2 aliphatic rings. The Balaban J connectivity index is 1.08. The summed E-state index contributed by atoms with van der Waals surface area (Å²) >= 11 is 1.90. The van der Waals surface area contributed by atoms with E-state index in [-0.39, 0.29) is 0 Å². The highest BCUT2D eigenvalue weighted by molar-refractivity contribution is 7.26. The summed E-state index contributed by atoms with van der Waals surface area (Å²) in [6.45, 7) is 0. The second-order valence-electron chi connectivity index (χ2n) is 20.2. The van der Waals surface area contributed by atoms with Crippen LogP contribution in [0.5, 0.6) is 0 Å². The van der Waals surface area contributed by atoms with Crippen LogP contribution < -0.4 is 4.90 Å². The number of hydrogen-bond donors (Lipinski definition) is 0. The van der Waals surface area contributed by atoms with Crippen molar-refractivity contribution in [1.29, 1.82) is 0 Å². The molecule has 1 heterocycles. The lowest BCUT2D eigenvalue weighted by atomic mass is 9.70. The van der Waals surface area contributed by atoms with E-state index in [1.54, 1.807) is 0 Å². The molecule has 0 atom stereocenters. The number of thiophene rings is 1. The van der Waals surface area contributed by atoms with Gasteiger partial charge in [0.05, 0.1) is 11.1 Å². The topological polar surface area (TPSA) is 3.24 Å². The molecule has 0 radical (unpaired) electrons. The summed E-state index contributed by atoms with van der Waals surface area (Å²) in [4.78, 5) is 2.60. The molecule has 0 aliphatic heterocycles. The van der Waals surface area contributed by atoms with Gasteiger partial charge in [0, 0.05) is 42.7 Å². The van der Waals surface area contributed by atoms with Gasteiger partial charge in [0.25, 0.3) is 0 Å². The summed E-state index contributed by atoms with van der Waals surface area (Å²) in [5, 5.41) is 10.1. The van der Waals surface area contributed by atoms with E-state index in [1.165, 1.54) is 119 Å². The second kappa shape index (κ2) is 16.3. The van der Waals surface area contributed by atoms with Gasteiger partial charge in [0.1, 0.15) is 0 Å². The largest absolute Gasteiger partial charge is 0.310 e. The zero-order valence-corrected chi connectivity index (χ0v) is 41.7. The Morgan fingerprint density at radius 1 is 0.253 bits per heavy atom. The highest BCUT2D eigenvalue weighted by Crippen LogP contribution is 2.64. The van der Waals surface area contributed by atoms with Crippen molar-refractivity contribution in [2.45, 2.75) is 5.41 Å². The first-order valence-corrected chi connectivity index (χ1v) is 26.8. The SMILES string of the molecule is c1ccc(-c2cc(-c3ccccc3)cc(N(c3ccc4c5ccccc5c5ccccc5c4c3)c3cc4c(cc3-c3cccc5c3sc3ccccc35)-c3ccccc3C43c4ccccc4-c4ccccc43)c2)cc1. The maximum absolute atomic E-state index is 2.61. The predicted octanol–water partition coefficient (Wildman–Crippen LogP) is 20.3. The number of hydrogen-bond acceptors (Lipinski definition) is 2. The van der Waals surface area contributed by atoms with Crippen molar-refractivity contribution in [3.63, 3.8) is 0 Å². The predicted molar refractivity (Wildman–Crippen MR) is 319 cm³/mol. The molecule has 0 amide bonds. The highest BCUT2D eigenvalue weighted by atomic mass is 32.1. The molecule has 1 aromatic heterocycles. The molecule has 1 spiro atoms. The quantitative estimate of drug-likeness (QED) is 0.150. The van der Waals surface area contributed by atoms with Gasteiger partial charge in [0.15, 0.2) is 0 Å². The fourth-order valence-corrected chi connectivity index (χ4v) is 14.5. The molecule has 14 aromatic rings. The molecule has 0 N–H and O–H groups in total. The molecule has 348 valence electrons. The molecule has 2 aliphatic carbocycles. The first-order valence-electron chi connectivity index (χ1n) is 26.0. The van der Waals surface area contributed by atoms with Crippen molar-refractivity contribution in [2.75, 3.05) is 4.90 Å². The lowest BCUT2D eigenvalue weighted by Gasteiger charge is -2.34. The third kappa shape index (κ3) is 6.12. The molecular formula is C73H45NS. The zero-order chi connectivity index (χ0) is 49.2. The highest BCUT2D eigenvalue weighted by Gasteiger charge is 2.52. The van der Waals surface area contributed by atoms with Crippen molar-refractivity contribution in [3.8, 4) is 55.6 Å². The van der Waals surface area contributed by atoms with E-state index >= 15 is 0 Å². The van der Waals surface area contributed by atoms with Gasteiger partial charge in [0.2, 0.25) is 0 Å². The fourth-order valence-electron chi connectivity index (χ4n) is 13.3. The molecule has 2 heteroatoms. The summed E-state index contributed by atoms with van der Waals surface area (Å²) in [5.74, 6) is 0. The minimum atomic E-state index is -0.554. The Morgan fingerprint density at radius 2 is 0.720 bits per heavy atom. The van der Waals surface area contributed by atoms with Crippen LogP contribution in [0.2, 0.25) is 0 Å². The molecule has 75 heavy (non-hydrogen) atoms. The first kappa shape index (κ1) is 42.2. The maximum Gasteiger partial charge on any atom is 0.0726 e. The number of fused-ring (bicyclic) bond motifs is 19. The fraction of sp³-hybridized carbons (Fsp3) is 0.0137. The Hall–Kier alpha value is -9.34. The number of benzene rings is 13. The normalized spacial score (nSPS) is 12.9. The number of anilines is 3. The Bertz CT molecular complexity index is 4520. The van der Waals surface area contributed by atoms with Crippen molar-refractivity contribution in [1.82, 2.24) is 0 Å². The van der Waals surface area contributed by atoms with E-state index in [2.05, 4.69) is 278 Å². The van der Waals surface area contributed by atoms with Gasteiger partial charge in [-0.05, 0) is 148 Å². The smallest absolute Gasteiger partial charge is 0.0726 e. The number of rotatable bonds is 6. The Labute approximate surface area is 439 Å². The molecule has 16 rings (SSSR count). The standard InChI is InChI=1S/C73H45NS/c1-3-20-46(21-4-1)48-40-49(47-22-5-2-6-23-47)42-51(41-48)74(50-38-39-56-54-26-8-7-24-52(54)53-25-9-10-27-55(53)63(56)43-50)70-45-69-64(44-65(70)62-33-19-32-61-60-31-14-18-37-71(60)75-72(61)62)59-30-13-17-36-68(59)73(69)66-34-15-11-28-57(66)58-29-12-16-35-67(58)73/h1-45H. The molecule has 0 saturated carbocycles. The molecule has 1 nitrogen and oxygen atoms in total. The molecule has 0 saturated heterocycles. The summed E-state index contributed by atoms with van der Waals surface area (Å²) in [6.07, 6.45) is 0. The summed E-state index contributed by atoms with van der Waals surface area (Å²) in [7, 11) is 0. The lowest BCUT2D eigenvalue weighted by Crippen LogP contribution is -2.26. The average molecular weight is 968 g/mol. The van der Waals surface area contributed by atoms with Crippen LogP contribution in [-0.4, -0.2) is 0 Å². The third-order valence-electron chi connectivity index (χ3n) is 16.4. The third-order valence-corrected chi connectivity index (χ3v) is 17.6.